The first-order valence-electron chi connectivity index (χ1n) is 13.0. The molecule has 3 aromatic rings. The number of nitrogens with zero attached hydrogens (tertiary/aromatic N) is 2. The Bertz CT molecular complexity index is 1310. The minimum atomic E-state index is -3.93. The Morgan fingerprint density at radius 2 is 1.49 bits per heavy atom. The first-order valence-corrected chi connectivity index (χ1v) is 14.4. The minimum Gasteiger partial charge on any atom is -0.350 e. The summed E-state index contributed by atoms with van der Waals surface area (Å²) < 4.78 is 28.4. The fourth-order valence-corrected chi connectivity index (χ4v) is 5.97. The van der Waals surface area contributed by atoms with Crippen LogP contribution in [0.1, 0.15) is 47.1 Å². The van der Waals surface area contributed by atoms with Crippen LogP contribution in [0.2, 0.25) is 0 Å². The van der Waals surface area contributed by atoms with Crippen molar-refractivity contribution in [3.8, 4) is 0 Å². The van der Waals surface area contributed by atoms with Crippen LogP contribution in [-0.2, 0) is 27.9 Å². The van der Waals surface area contributed by atoms with E-state index >= 15 is 0 Å². The Morgan fingerprint density at radius 1 is 0.838 bits per heavy atom. The van der Waals surface area contributed by atoms with E-state index in [1.165, 1.54) is 29.1 Å². The van der Waals surface area contributed by atoms with Crippen molar-refractivity contribution in [1.82, 2.24) is 10.2 Å². The molecule has 4 rings (SSSR count). The van der Waals surface area contributed by atoms with Gasteiger partial charge >= 0.3 is 0 Å². The molecule has 0 aromatic heterocycles. The number of anilines is 1. The lowest BCUT2D eigenvalue weighted by molar-refractivity contribution is -0.119. The van der Waals surface area contributed by atoms with Gasteiger partial charge in [-0.2, -0.15) is 0 Å². The molecule has 0 spiro atoms. The summed E-state index contributed by atoms with van der Waals surface area (Å²) in [7, 11) is -3.93. The zero-order valence-electron chi connectivity index (χ0n) is 22.0. The first kappa shape index (κ1) is 26.9. The SMILES string of the molecule is Cc1ccc(S(=O)(=O)N(CC(=O)NCc2ccc(CN3CCCCC3)cc2)c2ccc(C)c(C)c2)cc1. The maximum atomic E-state index is 13.6. The zero-order chi connectivity index (χ0) is 26.4. The van der Waals surface area contributed by atoms with Gasteiger partial charge < -0.3 is 5.32 Å². The highest BCUT2D eigenvalue weighted by Crippen LogP contribution is 2.26. The van der Waals surface area contributed by atoms with Gasteiger partial charge in [-0.05, 0) is 93.2 Å². The van der Waals surface area contributed by atoms with Gasteiger partial charge in [0, 0.05) is 13.1 Å². The second kappa shape index (κ2) is 11.9. The van der Waals surface area contributed by atoms with E-state index in [1.54, 1.807) is 30.3 Å². The molecule has 0 saturated carbocycles. The summed E-state index contributed by atoms with van der Waals surface area (Å²) in [5.41, 5.74) is 5.71. The highest BCUT2D eigenvalue weighted by atomic mass is 32.2. The van der Waals surface area contributed by atoms with Gasteiger partial charge in [-0.25, -0.2) is 8.42 Å². The van der Waals surface area contributed by atoms with Crippen molar-refractivity contribution >= 4 is 21.6 Å². The van der Waals surface area contributed by atoms with Gasteiger partial charge in [-0.1, -0.05) is 54.4 Å². The third kappa shape index (κ3) is 6.99. The lowest BCUT2D eigenvalue weighted by Gasteiger charge is -2.26. The van der Waals surface area contributed by atoms with Gasteiger partial charge in [-0.3, -0.25) is 14.0 Å². The van der Waals surface area contributed by atoms with Crippen LogP contribution in [0.3, 0.4) is 0 Å². The molecule has 0 bridgehead atoms. The second-order valence-corrected chi connectivity index (χ2v) is 11.9. The molecule has 37 heavy (non-hydrogen) atoms. The maximum Gasteiger partial charge on any atom is 0.264 e. The van der Waals surface area contributed by atoms with E-state index in [2.05, 4.69) is 22.3 Å². The van der Waals surface area contributed by atoms with Crippen LogP contribution in [0.25, 0.3) is 0 Å². The minimum absolute atomic E-state index is 0.161. The van der Waals surface area contributed by atoms with E-state index in [1.807, 2.05) is 45.0 Å². The monoisotopic (exact) mass is 519 g/mol. The number of benzene rings is 3. The van der Waals surface area contributed by atoms with E-state index in [9.17, 15) is 13.2 Å². The number of carbonyl (C=O) groups excluding carboxylic acids is 1. The molecule has 6 nitrogen and oxygen atoms in total. The molecule has 0 aliphatic carbocycles. The fraction of sp³-hybridized carbons (Fsp3) is 0.367. The lowest BCUT2D eigenvalue weighted by atomic mass is 10.1. The van der Waals surface area contributed by atoms with Crippen molar-refractivity contribution in [1.29, 1.82) is 0 Å². The number of aryl methyl sites for hydroxylation is 3. The number of sulfonamides is 1. The summed E-state index contributed by atoms with van der Waals surface area (Å²) in [4.78, 5) is 15.6. The molecule has 1 saturated heterocycles. The number of carbonyl (C=O) groups is 1. The van der Waals surface area contributed by atoms with Crippen molar-refractivity contribution in [3.63, 3.8) is 0 Å². The van der Waals surface area contributed by atoms with Crippen molar-refractivity contribution < 1.29 is 13.2 Å². The number of nitrogens with one attached hydrogen (secondary N) is 1. The van der Waals surface area contributed by atoms with Gasteiger partial charge in [0.05, 0.1) is 10.6 Å². The number of piperidine rings is 1. The highest BCUT2D eigenvalue weighted by Gasteiger charge is 2.27. The van der Waals surface area contributed by atoms with Crippen LogP contribution in [0.5, 0.6) is 0 Å². The predicted octanol–water partition coefficient (Wildman–Crippen LogP) is 5.11. The Labute approximate surface area is 221 Å². The molecule has 3 aromatic carbocycles. The van der Waals surface area contributed by atoms with Crippen LogP contribution in [0.4, 0.5) is 5.69 Å². The molecule has 0 atom stereocenters. The van der Waals surface area contributed by atoms with Crippen LogP contribution in [-0.4, -0.2) is 38.9 Å². The third-order valence-corrected chi connectivity index (χ3v) is 8.83. The Balaban J connectivity index is 1.45. The fourth-order valence-electron chi connectivity index (χ4n) is 4.56. The van der Waals surface area contributed by atoms with E-state index in [0.29, 0.717) is 12.2 Å². The molecular formula is C30H37N3O3S. The maximum absolute atomic E-state index is 13.6. The summed E-state index contributed by atoms with van der Waals surface area (Å²) in [6.45, 7) is 9.12. The number of hydrogen-bond acceptors (Lipinski definition) is 4. The Morgan fingerprint density at radius 3 is 2.14 bits per heavy atom. The van der Waals surface area contributed by atoms with E-state index in [-0.39, 0.29) is 17.3 Å². The molecule has 1 aliphatic heterocycles. The van der Waals surface area contributed by atoms with E-state index in [0.717, 1.165) is 41.9 Å². The average Bonchev–Trinajstić information content (AvgIpc) is 2.89. The molecule has 1 N–H and O–H groups in total. The Kier molecular flexibility index (Phi) is 8.67. The molecule has 7 heteroatoms. The molecule has 1 aliphatic rings. The first-order chi connectivity index (χ1) is 17.7. The van der Waals surface area contributed by atoms with Crippen LogP contribution < -0.4 is 9.62 Å². The van der Waals surface area contributed by atoms with Gasteiger partial charge in [0.1, 0.15) is 6.54 Å². The van der Waals surface area contributed by atoms with Crippen molar-refractivity contribution in [3.05, 3.63) is 94.5 Å². The zero-order valence-corrected chi connectivity index (χ0v) is 22.9. The highest BCUT2D eigenvalue weighted by molar-refractivity contribution is 7.92. The van der Waals surface area contributed by atoms with Gasteiger partial charge in [0.2, 0.25) is 5.91 Å². The predicted molar refractivity (Wildman–Crippen MR) is 149 cm³/mol. The van der Waals surface area contributed by atoms with Crippen molar-refractivity contribution in [2.24, 2.45) is 0 Å². The molecule has 0 radical (unpaired) electrons. The van der Waals surface area contributed by atoms with Crippen LogP contribution >= 0.6 is 0 Å². The quantitative estimate of drug-likeness (QED) is 0.427. The molecule has 196 valence electrons. The van der Waals surface area contributed by atoms with E-state index in [4.69, 9.17) is 0 Å². The van der Waals surface area contributed by atoms with Gasteiger partial charge in [0.25, 0.3) is 10.0 Å². The average molecular weight is 520 g/mol. The van der Waals surface area contributed by atoms with Gasteiger partial charge in [-0.15, -0.1) is 0 Å². The normalized spacial score (nSPS) is 14.4. The Hall–Kier alpha value is -3.16. The van der Waals surface area contributed by atoms with Crippen LogP contribution in [0, 0.1) is 20.8 Å². The summed E-state index contributed by atoms with van der Waals surface area (Å²) in [5.74, 6) is -0.355. The van der Waals surface area contributed by atoms with E-state index < -0.39 is 10.0 Å². The summed E-state index contributed by atoms with van der Waals surface area (Å²) >= 11 is 0. The van der Waals surface area contributed by atoms with Crippen molar-refractivity contribution in [2.45, 2.75) is 58.0 Å². The number of likely N-dealkylation sites (tertiary alicyclic amines) is 1. The van der Waals surface area contributed by atoms with Crippen LogP contribution in [0.15, 0.2) is 71.6 Å². The van der Waals surface area contributed by atoms with Gasteiger partial charge in [0.15, 0.2) is 0 Å². The molecule has 1 heterocycles. The molecule has 0 unspecified atom stereocenters. The molecular weight excluding hydrogens is 482 g/mol. The lowest BCUT2D eigenvalue weighted by Crippen LogP contribution is -2.40. The summed E-state index contributed by atoms with van der Waals surface area (Å²) in [5, 5.41) is 2.90. The smallest absolute Gasteiger partial charge is 0.264 e. The number of hydrogen-bond donors (Lipinski definition) is 1. The number of amides is 1. The second-order valence-electron chi connectivity index (χ2n) is 10.0. The standard InChI is InChI=1S/C30H37N3O3S/c1-23-7-15-29(16-8-23)37(35,36)33(28-14-9-24(2)25(3)19-28)22-30(34)31-20-26-10-12-27(13-11-26)21-32-17-5-4-6-18-32/h7-16,19H,4-6,17-18,20-22H2,1-3H3,(H,31,34). The topological polar surface area (TPSA) is 69.7 Å². The largest absolute Gasteiger partial charge is 0.350 e. The van der Waals surface area contributed by atoms with Crippen molar-refractivity contribution in [2.75, 3.05) is 23.9 Å². The third-order valence-electron chi connectivity index (χ3n) is 7.04. The summed E-state index contributed by atoms with van der Waals surface area (Å²) in [6.07, 6.45) is 3.86. The summed E-state index contributed by atoms with van der Waals surface area (Å²) in [6, 6.07) is 20.4. The number of rotatable bonds is 9. The molecule has 1 amide bonds. The molecule has 1 fully saturated rings.